The first-order valence-corrected chi connectivity index (χ1v) is 5.37. The van der Waals surface area contributed by atoms with Gasteiger partial charge in [-0.2, -0.15) is 0 Å². The average molecular weight is 225 g/mol. The van der Waals surface area contributed by atoms with Crippen LogP contribution in [0.5, 0.6) is 0 Å². The minimum Gasteiger partial charge on any atom is -0.380 e. The molecule has 0 radical (unpaired) electrons. The van der Waals surface area contributed by atoms with E-state index in [9.17, 15) is 5.11 Å². The van der Waals surface area contributed by atoms with E-state index in [0.717, 1.165) is 11.3 Å². The summed E-state index contributed by atoms with van der Waals surface area (Å²) in [7, 11) is 0. The third-order valence-corrected chi connectivity index (χ3v) is 2.69. The molecule has 0 spiro atoms. The summed E-state index contributed by atoms with van der Waals surface area (Å²) >= 11 is 0. The fourth-order valence-electron chi connectivity index (χ4n) is 1.84. The van der Waals surface area contributed by atoms with Crippen LogP contribution in [0.25, 0.3) is 5.65 Å². The lowest BCUT2D eigenvalue weighted by Crippen LogP contribution is -2.04. The SMILES string of the molecule is OC(c1ccccn1)c1cnc2ccccn12. The first-order chi connectivity index (χ1) is 8.36. The summed E-state index contributed by atoms with van der Waals surface area (Å²) in [5.74, 6) is 0. The van der Waals surface area contributed by atoms with Gasteiger partial charge >= 0.3 is 0 Å². The maximum atomic E-state index is 10.3. The highest BCUT2D eigenvalue weighted by Gasteiger charge is 2.15. The molecule has 0 saturated heterocycles. The third-order valence-electron chi connectivity index (χ3n) is 2.69. The van der Waals surface area contributed by atoms with Gasteiger partial charge in [0, 0.05) is 12.4 Å². The number of aromatic nitrogens is 3. The Hall–Kier alpha value is -2.20. The molecule has 0 aliphatic heterocycles. The number of aliphatic hydroxyl groups excluding tert-OH is 1. The number of aliphatic hydroxyl groups is 1. The normalized spacial score (nSPS) is 12.8. The maximum absolute atomic E-state index is 10.3. The number of nitrogens with zero attached hydrogens (tertiary/aromatic N) is 3. The van der Waals surface area contributed by atoms with Crippen LogP contribution in [0.4, 0.5) is 0 Å². The van der Waals surface area contributed by atoms with E-state index in [1.807, 2.05) is 40.9 Å². The topological polar surface area (TPSA) is 50.4 Å². The standard InChI is InChI=1S/C13H11N3O/c17-13(10-5-1-3-7-14-10)11-9-15-12-6-2-4-8-16(11)12/h1-9,13,17H. The highest BCUT2D eigenvalue weighted by atomic mass is 16.3. The Morgan fingerprint density at radius 1 is 1.06 bits per heavy atom. The van der Waals surface area contributed by atoms with Crippen molar-refractivity contribution in [1.29, 1.82) is 0 Å². The third kappa shape index (κ3) is 1.68. The zero-order chi connectivity index (χ0) is 11.7. The van der Waals surface area contributed by atoms with Gasteiger partial charge in [0.15, 0.2) is 0 Å². The maximum Gasteiger partial charge on any atom is 0.138 e. The van der Waals surface area contributed by atoms with Gasteiger partial charge in [-0.3, -0.25) is 4.98 Å². The lowest BCUT2D eigenvalue weighted by molar-refractivity contribution is 0.209. The molecular formula is C13H11N3O. The van der Waals surface area contributed by atoms with Crippen LogP contribution >= 0.6 is 0 Å². The van der Waals surface area contributed by atoms with Crippen molar-refractivity contribution in [3.8, 4) is 0 Å². The number of fused-ring (bicyclic) bond motifs is 1. The first kappa shape index (κ1) is 9.99. The molecule has 4 nitrogen and oxygen atoms in total. The smallest absolute Gasteiger partial charge is 0.138 e. The van der Waals surface area contributed by atoms with Crippen LogP contribution in [0.1, 0.15) is 17.5 Å². The highest BCUT2D eigenvalue weighted by molar-refractivity contribution is 5.41. The van der Waals surface area contributed by atoms with Crippen molar-refractivity contribution >= 4 is 5.65 Å². The van der Waals surface area contributed by atoms with E-state index in [4.69, 9.17) is 0 Å². The quantitative estimate of drug-likeness (QED) is 0.723. The summed E-state index contributed by atoms with van der Waals surface area (Å²) in [6.07, 6.45) is 4.47. The zero-order valence-corrected chi connectivity index (χ0v) is 9.06. The summed E-state index contributed by atoms with van der Waals surface area (Å²) in [4.78, 5) is 8.39. The minimum atomic E-state index is -0.756. The Bertz CT molecular complexity index is 633. The Morgan fingerprint density at radius 2 is 1.94 bits per heavy atom. The zero-order valence-electron chi connectivity index (χ0n) is 9.06. The number of pyridine rings is 2. The molecule has 17 heavy (non-hydrogen) atoms. The van der Waals surface area contributed by atoms with E-state index in [2.05, 4.69) is 9.97 Å². The van der Waals surface area contributed by atoms with E-state index in [1.165, 1.54) is 0 Å². The second-order valence-electron chi connectivity index (χ2n) is 3.77. The Labute approximate surface area is 98.2 Å². The highest BCUT2D eigenvalue weighted by Crippen LogP contribution is 2.20. The van der Waals surface area contributed by atoms with Crippen molar-refractivity contribution in [1.82, 2.24) is 14.4 Å². The lowest BCUT2D eigenvalue weighted by atomic mass is 10.2. The Morgan fingerprint density at radius 3 is 2.76 bits per heavy atom. The fraction of sp³-hybridized carbons (Fsp3) is 0.0769. The molecule has 4 heteroatoms. The molecule has 84 valence electrons. The van der Waals surface area contributed by atoms with Gasteiger partial charge in [-0.05, 0) is 24.3 Å². The number of imidazole rings is 1. The fourth-order valence-corrected chi connectivity index (χ4v) is 1.84. The van der Waals surface area contributed by atoms with Crippen LogP contribution in [-0.4, -0.2) is 19.5 Å². The van der Waals surface area contributed by atoms with E-state index >= 15 is 0 Å². The van der Waals surface area contributed by atoms with Gasteiger partial charge in [0.1, 0.15) is 11.8 Å². The van der Waals surface area contributed by atoms with Crippen LogP contribution in [0.15, 0.2) is 55.0 Å². The molecule has 0 amide bonds. The largest absolute Gasteiger partial charge is 0.380 e. The molecule has 0 fully saturated rings. The summed E-state index contributed by atoms with van der Waals surface area (Å²) in [6, 6.07) is 11.2. The number of hydrogen-bond donors (Lipinski definition) is 1. The summed E-state index contributed by atoms with van der Waals surface area (Å²) < 4.78 is 1.86. The second kappa shape index (κ2) is 3.99. The molecule has 3 heterocycles. The van der Waals surface area contributed by atoms with Crippen LogP contribution in [0.2, 0.25) is 0 Å². The molecule has 0 saturated carbocycles. The lowest BCUT2D eigenvalue weighted by Gasteiger charge is -2.09. The molecule has 3 aromatic rings. The van der Waals surface area contributed by atoms with Gasteiger partial charge in [-0.1, -0.05) is 12.1 Å². The van der Waals surface area contributed by atoms with Crippen molar-refractivity contribution in [3.05, 3.63) is 66.4 Å². The molecule has 0 aliphatic rings. The van der Waals surface area contributed by atoms with Crippen LogP contribution in [-0.2, 0) is 0 Å². The molecule has 0 aliphatic carbocycles. The molecule has 1 atom stereocenters. The Kier molecular flexibility index (Phi) is 2.34. The van der Waals surface area contributed by atoms with Crippen LogP contribution < -0.4 is 0 Å². The molecule has 0 aromatic carbocycles. The van der Waals surface area contributed by atoms with Gasteiger partial charge in [-0.25, -0.2) is 4.98 Å². The van der Waals surface area contributed by atoms with E-state index in [0.29, 0.717) is 5.69 Å². The van der Waals surface area contributed by atoms with Gasteiger partial charge in [-0.15, -0.1) is 0 Å². The van der Waals surface area contributed by atoms with E-state index in [-0.39, 0.29) is 0 Å². The number of hydrogen-bond acceptors (Lipinski definition) is 3. The van der Waals surface area contributed by atoms with E-state index < -0.39 is 6.10 Å². The number of rotatable bonds is 2. The van der Waals surface area contributed by atoms with Crippen molar-refractivity contribution in [2.45, 2.75) is 6.10 Å². The summed E-state index contributed by atoms with van der Waals surface area (Å²) in [5.41, 5.74) is 2.16. The van der Waals surface area contributed by atoms with Gasteiger partial charge in [0.2, 0.25) is 0 Å². The monoisotopic (exact) mass is 225 g/mol. The van der Waals surface area contributed by atoms with Crippen LogP contribution in [0.3, 0.4) is 0 Å². The average Bonchev–Trinajstić information content (AvgIpc) is 2.83. The van der Waals surface area contributed by atoms with Crippen LogP contribution in [0, 0.1) is 0 Å². The first-order valence-electron chi connectivity index (χ1n) is 5.37. The minimum absolute atomic E-state index is 0.623. The van der Waals surface area contributed by atoms with Gasteiger partial charge in [0.25, 0.3) is 0 Å². The van der Waals surface area contributed by atoms with Crippen molar-refractivity contribution in [3.63, 3.8) is 0 Å². The van der Waals surface area contributed by atoms with Crippen molar-refractivity contribution < 1.29 is 5.11 Å². The predicted molar refractivity (Wildman–Crippen MR) is 63.5 cm³/mol. The molecular weight excluding hydrogens is 214 g/mol. The van der Waals surface area contributed by atoms with Crippen molar-refractivity contribution in [2.24, 2.45) is 0 Å². The summed E-state index contributed by atoms with van der Waals surface area (Å²) in [5, 5.41) is 10.3. The second-order valence-corrected chi connectivity index (χ2v) is 3.77. The predicted octanol–water partition coefficient (Wildman–Crippen LogP) is 1.81. The van der Waals surface area contributed by atoms with Crippen molar-refractivity contribution in [2.75, 3.05) is 0 Å². The van der Waals surface area contributed by atoms with Gasteiger partial charge < -0.3 is 9.51 Å². The molecule has 3 aromatic heterocycles. The van der Waals surface area contributed by atoms with E-state index in [1.54, 1.807) is 18.5 Å². The summed E-state index contributed by atoms with van der Waals surface area (Å²) in [6.45, 7) is 0. The Balaban J connectivity index is 2.10. The van der Waals surface area contributed by atoms with Gasteiger partial charge in [0.05, 0.1) is 17.6 Å². The molecule has 1 N–H and O–H groups in total. The molecule has 3 rings (SSSR count). The molecule has 1 unspecified atom stereocenters. The molecule has 0 bridgehead atoms.